The molecule has 0 aliphatic rings. The zero-order valence-electron chi connectivity index (χ0n) is 16.0. The Bertz CT molecular complexity index is 443. The van der Waals surface area contributed by atoms with Crippen molar-refractivity contribution in [3.63, 3.8) is 0 Å². The van der Waals surface area contributed by atoms with Crippen LogP contribution in [-0.4, -0.2) is 11.5 Å². The molecule has 2 aromatic rings. The topological polar surface area (TPSA) is 24.9 Å². The van der Waals surface area contributed by atoms with E-state index in [0.29, 0.717) is 0 Å². The van der Waals surface area contributed by atoms with E-state index in [1.807, 2.05) is 18.2 Å². The van der Waals surface area contributed by atoms with E-state index < -0.39 is 0 Å². The molecular weight excluding hydrogens is 304 g/mol. The van der Waals surface area contributed by atoms with Gasteiger partial charge in [-0.3, -0.25) is 4.98 Å². The van der Waals surface area contributed by atoms with Crippen LogP contribution < -0.4 is 5.32 Å². The number of hydrogen-bond acceptors (Lipinski definition) is 2. The molecule has 2 heteroatoms. The summed E-state index contributed by atoms with van der Waals surface area (Å²) < 4.78 is 0. The number of nitrogens with one attached hydrogen (secondary N) is 1. The van der Waals surface area contributed by atoms with Gasteiger partial charge in [0.1, 0.15) is 0 Å². The van der Waals surface area contributed by atoms with Gasteiger partial charge in [-0.2, -0.15) is 0 Å². The second kappa shape index (κ2) is 17.0. The molecule has 138 valence electrons. The summed E-state index contributed by atoms with van der Waals surface area (Å²) >= 11 is 0. The van der Waals surface area contributed by atoms with Crippen LogP contribution in [0.5, 0.6) is 0 Å². The Balaban J connectivity index is 0.000000435. The third kappa shape index (κ3) is 14.2. The molecule has 0 saturated carbocycles. The first kappa shape index (κ1) is 21.2. The summed E-state index contributed by atoms with van der Waals surface area (Å²) in [5.41, 5.74) is 1.25. The lowest BCUT2D eigenvalue weighted by atomic mass is 10.1. The van der Waals surface area contributed by atoms with Gasteiger partial charge in [0.05, 0.1) is 0 Å². The van der Waals surface area contributed by atoms with Crippen molar-refractivity contribution in [2.75, 3.05) is 11.9 Å². The van der Waals surface area contributed by atoms with Crippen molar-refractivity contribution in [2.24, 2.45) is 0 Å². The first-order valence-corrected chi connectivity index (χ1v) is 10.1. The smallest absolute Gasteiger partial charge is 0.0340 e. The summed E-state index contributed by atoms with van der Waals surface area (Å²) in [6.07, 6.45) is 17.6. The highest BCUT2D eigenvalue weighted by Crippen LogP contribution is 2.11. The summed E-state index contributed by atoms with van der Waals surface area (Å²) in [5.74, 6) is 0. The van der Waals surface area contributed by atoms with Crippen molar-refractivity contribution in [1.29, 1.82) is 0 Å². The van der Waals surface area contributed by atoms with Gasteiger partial charge in [0, 0.05) is 24.6 Å². The molecule has 0 unspecified atom stereocenters. The monoisotopic (exact) mass is 340 g/mol. The van der Waals surface area contributed by atoms with E-state index in [4.69, 9.17) is 0 Å². The minimum atomic E-state index is 1.11. The molecule has 0 amide bonds. The first-order chi connectivity index (χ1) is 12.4. The fourth-order valence-corrected chi connectivity index (χ4v) is 2.71. The van der Waals surface area contributed by atoms with Gasteiger partial charge in [-0.05, 0) is 30.7 Å². The number of hydrogen-bond donors (Lipinski definition) is 1. The highest BCUT2D eigenvalue weighted by Gasteiger charge is 1.93. The molecular formula is C23H36N2. The van der Waals surface area contributed by atoms with Crippen LogP contribution in [0, 0.1) is 0 Å². The van der Waals surface area contributed by atoms with Crippen molar-refractivity contribution >= 4 is 5.69 Å². The van der Waals surface area contributed by atoms with Crippen LogP contribution >= 0.6 is 0 Å². The number of para-hydroxylation sites is 1. The van der Waals surface area contributed by atoms with E-state index in [1.54, 1.807) is 12.4 Å². The summed E-state index contributed by atoms with van der Waals surface area (Å²) in [7, 11) is 0. The Morgan fingerprint density at radius 1 is 0.640 bits per heavy atom. The molecule has 1 N–H and O–H groups in total. The Morgan fingerprint density at radius 3 is 1.64 bits per heavy atom. The molecule has 0 aliphatic carbocycles. The summed E-state index contributed by atoms with van der Waals surface area (Å²) in [6.45, 7) is 3.39. The van der Waals surface area contributed by atoms with Gasteiger partial charge in [-0.1, -0.05) is 89.0 Å². The minimum Gasteiger partial charge on any atom is -0.385 e. The highest BCUT2D eigenvalue weighted by molar-refractivity contribution is 5.42. The van der Waals surface area contributed by atoms with E-state index in [2.05, 4.69) is 47.6 Å². The third-order valence-corrected chi connectivity index (χ3v) is 4.20. The number of rotatable bonds is 12. The largest absolute Gasteiger partial charge is 0.385 e. The third-order valence-electron chi connectivity index (χ3n) is 4.20. The molecule has 0 saturated heterocycles. The van der Waals surface area contributed by atoms with Gasteiger partial charge in [0.2, 0.25) is 0 Å². The molecule has 2 rings (SSSR count). The summed E-state index contributed by atoms with van der Waals surface area (Å²) in [4.78, 5) is 3.78. The van der Waals surface area contributed by atoms with Crippen molar-refractivity contribution in [1.82, 2.24) is 4.98 Å². The lowest BCUT2D eigenvalue weighted by Crippen LogP contribution is -2.00. The summed E-state index contributed by atoms with van der Waals surface area (Å²) in [6, 6.07) is 16.2. The number of pyridine rings is 1. The normalized spacial score (nSPS) is 9.96. The highest BCUT2D eigenvalue weighted by atomic mass is 14.9. The Labute approximate surface area is 155 Å². The Hall–Kier alpha value is -1.83. The van der Waals surface area contributed by atoms with E-state index in [-0.39, 0.29) is 0 Å². The van der Waals surface area contributed by atoms with Crippen LogP contribution in [0.15, 0.2) is 60.9 Å². The van der Waals surface area contributed by atoms with Gasteiger partial charge >= 0.3 is 0 Å². The zero-order chi connectivity index (χ0) is 17.8. The molecule has 0 atom stereocenters. The van der Waals surface area contributed by atoms with Crippen LogP contribution in [-0.2, 0) is 0 Å². The fourth-order valence-electron chi connectivity index (χ4n) is 2.71. The lowest BCUT2D eigenvalue weighted by Gasteiger charge is -2.06. The van der Waals surface area contributed by atoms with Gasteiger partial charge < -0.3 is 5.32 Å². The van der Waals surface area contributed by atoms with E-state index >= 15 is 0 Å². The van der Waals surface area contributed by atoms with Gasteiger partial charge in [0.25, 0.3) is 0 Å². The van der Waals surface area contributed by atoms with Crippen molar-refractivity contribution < 1.29 is 0 Å². The second-order valence-corrected chi connectivity index (χ2v) is 6.50. The molecule has 1 aromatic carbocycles. The van der Waals surface area contributed by atoms with Crippen LogP contribution in [0.25, 0.3) is 0 Å². The van der Waals surface area contributed by atoms with Gasteiger partial charge in [-0.15, -0.1) is 0 Å². The van der Waals surface area contributed by atoms with Gasteiger partial charge in [-0.25, -0.2) is 0 Å². The van der Waals surface area contributed by atoms with Crippen molar-refractivity contribution in [2.45, 2.75) is 71.1 Å². The Morgan fingerprint density at radius 2 is 1.16 bits per heavy atom. The van der Waals surface area contributed by atoms with Crippen molar-refractivity contribution in [3.8, 4) is 0 Å². The zero-order valence-corrected chi connectivity index (χ0v) is 16.0. The number of benzene rings is 1. The molecule has 0 aliphatic heterocycles. The predicted octanol–water partition coefficient (Wildman–Crippen LogP) is 7.10. The number of nitrogens with zero attached hydrogens (tertiary/aromatic N) is 1. The standard InChI is InChI=1S/C18H31N.C5H5N/c1-2-3-4-5-6-7-8-9-10-14-17-19-18-15-12-11-13-16-18;1-2-4-6-5-3-1/h11-13,15-16,19H,2-10,14,17H2,1H3;1-5H. The second-order valence-electron chi connectivity index (χ2n) is 6.50. The molecule has 1 heterocycles. The molecule has 0 radical (unpaired) electrons. The van der Waals surface area contributed by atoms with Crippen LogP contribution in [0.4, 0.5) is 5.69 Å². The quantitative estimate of drug-likeness (QED) is 0.417. The fraction of sp³-hybridized carbons (Fsp3) is 0.522. The lowest BCUT2D eigenvalue weighted by molar-refractivity contribution is 0.560. The summed E-state index contributed by atoms with van der Waals surface area (Å²) in [5, 5.41) is 3.47. The van der Waals surface area contributed by atoms with E-state index in [1.165, 1.54) is 69.9 Å². The van der Waals surface area contributed by atoms with Crippen molar-refractivity contribution in [3.05, 3.63) is 60.9 Å². The van der Waals surface area contributed by atoms with E-state index in [0.717, 1.165) is 6.54 Å². The minimum absolute atomic E-state index is 1.11. The van der Waals surface area contributed by atoms with Crippen LogP contribution in [0.2, 0.25) is 0 Å². The average molecular weight is 341 g/mol. The molecule has 1 aromatic heterocycles. The molecule has 0 bridgehead atoms. The molecule has 0 fully saturated rings. The molecule has 2 nitrogen and oxygen atoms in total. The van der Waals surface area contributed by atoms with Crippen LogP contribution in [0.1, 0.15) is 71.1 Å². The van der Waals surface area contributed by atoms with E-state index in [9.17, 15) is 0 Å². The maximum Gasteiger partial charge on any atom is 0.0340 e. The SMILES string of the molecule is CCCCCCCCCCCCNc1ccccc1.c1ccncc1. The number of unbranched alkanes of at least 4 members (excludes halogenated alkanes) is 9. The average Bonchev–Trinajstić information content (AvgIpc) is 2.69. The molecule has 25 heavy (non-hydrogen) atoms. The number of aromatic nitrogens is 1. The predicted molar refractivity (Wildman–Crippen MR) is 111 cm³/mol. The van der Waals surface area contributed by atoms with Crippen LogP contribution in [0.3, 0.4) is 0 Å². The Kier molecular flexibility index (Phi) is 14.4. The molecule has 0 spiro atoms. The maximum atomic E-state index is 3.78. The number of anilines is 1. The first-order valence-electron chi connectivity index (χ1n) is 10.1. The maximum absolute atomic E-state index is 3.78. The van der Waals surface area contributed by atoms with Gasteiger partial charge in [0.15, 0.2) is 0 Å².